The Hall–Kier alpha value is -3.23. The van der Waals surface area contributed by atoms with E-state index in [-0.39, 0.29) is 17.3 Å². The van der Waals surface area contributed by atoms with Crippen molar-refractivity contribution >= 4 is 40.6 Å². The molecule has 3 heterocycles. The monoisotopic (exact) mass is 501 g/mol. The van der Waals surface area contributed by atoms with Crippen LogP contribution in [-0.4, -0.2) is 46.8 Å². The predicted octanol–water partition coefficient (Wildman–Crippen LogP) is 4.26. The Balaban J connectivity index is 1.44. The van der Waals surface area contributed by atoms with Gasteiger partial charge >= 0.3 is 0 Å². The van der Waals surface area contributed by atoms with Gasteiger partial charge in [-0.05, 0) is 48.9 Å². The molecule has 1 aromatic heterocycles. The summed E-state index contributed by atoms with van der Waals surface area (Å²) in [5.41, 5.74) is 2.57. The number of aromatic nitrogens is 2. The van der Waals surface area contributed by atoms with Crippen LogP contribution in [0.1, 0.15) is 18.5 Å². The van der Waals surface area contributed by atoms with Crippen LogP contribution < -0.4 is 15.8 Å². The fourth-order valence-electron chi connectivity index (χ4n) is 4.56. The largest absolute Gasteiger partial charge is 0.368 e. The van der Waals surface area contributed by atoms with Crippen LogP contribution in [0.25, 0.3) is 0 Å². The number of halogens is 3. The molecule has 0 spiro atoms. The van der Waals surface area contributed by atoms with Gasteiger partial charge in [0.1, 0.15) is 17.7 Å². The zero-order valence-electron chi connectivity index (χ0n) is 18.3. The molecule has 2 aromatic carbocycles. The zero-order valence-corrected chi connectivity index (χ0v) is 19.8. The van der Waals surface area contributed by atoms with Gasteiger partial charge in [-0.3, -0.25) is 19.4 Å². The van der Waals surface area contributed by atoms with Gasteiger partial charge < -0.3 is 15.1 Å². The van der Waals surface area contributed by atoms with Gasteiger partial charge in [0, 0.05) is 43.6 Å². The van der Waals surface area contributed by atoms with Crippen LogP contribution in [-0.2, 0) is 4.79 Å². The molecule has 176 valence electrons. The zero-order chi connectivity index (χ0) is 24.0. The molecule has 0 saturated carbocycles. The molecule has 2 N–H and O–H groups in total. The van der Waals surface area contributed by atoms with Gasteiger partial charge in [-0.2, -0.15) is 0 Å². The van der Waals surface area contributed by atoms with Gasteiger partial charge in [-0.1, -0.05) is 29.3 Å². The number of fused-ring (bicyclic) bond motifs is 1. The third-order valence-electron chi connectivity index (χ3n) is 6.26. The van der Waals surface area contributed by atoms with Crippen LogP contribution >= 0.6 is 23.2 Å². The lowest BCUT2D eigenvalue weighted by Crippen LogP contribution is -2.50. The maximum atomic E-state index is 13.8. The Bertz CT molecular complexity index is 1340. The van der Waals surface area contributed by atoms with E-state index in [2.05, 4.69) is 15.3 Å². The Kier molecular flexibility index (Phi) is 5.87. The quantitative estimate of drug-likeness (QED) is 0.562. The highest BCUT2D eigenvalue weighted by Gasteiger charge is 2.36. The fourth-order valence-corrected chi connectivity index (χ4v) is 4.87. The molecule has 7 nitrogen and oxygen atoms in total. The lowest BCUT2D eigenvalue weighted by Gasteiger charge is -2.38. The summed E-state index contributed by atoms with van der Waals surface area (Å²) in [6.07, 6.45) is 0. The summed E-state index contributed by atoms with van der Waals surface area (Å²) >= 11 is 12.4. The van der Waals surface area contributed by atoms with Crippen molar-refractivity contribution in [2.75, 3.05) is 36.4 Å². The number of aromatic amines is 1. The molecule has 3 aromatic rings. The number of nitrogens with zero attached hydrogens (tertiary/aromatic N) is 3. The van der Waals surface area contributed by atoms with E-state index in [1.54, 1.807) is 39.9 Å². The third kappa shape index (κ3) is 4.08. The van der Waals surface area contributed by atoms with Crippen LogP contribution in [0.5, 0.6) is 0 Å². The van der Waals surface area contributed by atoms with Gasteiger partial charge in [0.25, 0.3) is 11.5 Å². The number of rotatable bonds is 3. The molecular formula is C24H22Cl2FN5O2. The maximum absolute atomic E-state index is 13.8. The fraction of sp³-hybridized carbons (Fsp3) is 0.250. The highest BCUT2D eigenvalue weighted by Crippen LogP contribution is 2.38. The summed E-state index contributed by atoms with van der Waals surface area (Å²) in [6, 6.07) is 12.4. The Labute approximate surface area is 205 Å². The average Bonchev–Trinajstić information content (AvgIpc) is 3.19. The molecular weight excluding hydrogens is 480 g/mol. The minimum absolute atomic E-state index is 0.125. The highest BCUT2D eigenvalue weighted by molar-refractivity contribution is 6.42. The number of carbonyl (C=O) groups excluding carboxylic acids is 1. The second-order valence-corrected chi connectivity index (χ2v) is 9.19. The number of hydrogen-bond donors (Lipinski definition) is 2. The number of amides is 1. The molecule has 1 fully saturated rings. The Morgan fingerprint density at radius 1 is 1.00 bits per heavy atom. The van der Waals surface area contributed by atoms with Gasteiger partial charge in [-0.25, -0.2) is 4.39 Å². The van der Waals surface area contributed by atoms with Crippen molar-refractivity contribution in [2.24, 2.45) is 0 Å². The summed E-state index contributed by atoms with van der Waals surface area (Å²) in [4.78, 5) is 29.9. The Morgan fingerprint density at radius 3 is 2.38 bits per heavy atom. The number of hydrogen-bond acceptors (Lipinski definition) is 4. The number of nitrogens with one attached hydrogen (secondary N) is 2. The first-order chi connectivity index (χ1) is 16.3. The number of piperazine rings is 1. The van der Waals surface area contributed by atoms with Crippen molar-refractivity contribution in [3.05, 3.63) is 91.6 Å². The van der Waals surface area contributed by atoms with E-state index >= 15 is 0 Å². The smallest absolute Gasteiger partial charge is 0.266 e. The van der Waals surface area contributed by atoms with E-state index in [0.29, 0.717) is 53.3 Å². The third-order valence-corrected chi connectivity index (χ3v) is 7.00. The van der Waals surface area contributed by atoms with Crippen molar-refractivity contribution < 1.29 is 9.18 Å². The standard InChI is InChI=1S/C24H22Cl2FN5O2/c1-14-22(24(34)31-10-8-30(9-11-31)17-5-3-16(27)4-6-17)23(15-2-7-18(25)19(26)12-15)32-20(28-14)13-21(33)29-32/h2-7,12-13,23,28H,8-11H2,1H3,(H,29,33). The van der Waals surface area contributed by atoms with Crippen molar-refractivity contribution in [3.8, 4) is 0 Å². The molecule has 1 amide bonds. The second kappa shape index (κ2) is 8.85. The maximum Gasteiger partial charge on any atom is 0.266 e. The SMILES string of the molecule is CC1=C(C(=O)N2CCN(c3ccc(F)cc3)CC2)C(c2ccc(Cl)c(Cl)c2)n2[nH]c(=O)cc2N1. The molecule has 5 rings (SSSR count). The van der Waals surface area contributed by atoms with Gasteiger partial charge in [0.15, 0.2) is 0 Å². The van der Waals surface area contributed by atoms with E-state index in [1.165, 1.54) is 18.2 Å². The topological polar surface area (TPSA) is 73.4 Å². The second-order valence-electron chi connectivity index (χ2n) is 8.37. The minimum Gasteiger partial charge on any atom is -0.368 e. The molecule has 0 aliphatic carbocycles. The van der Waals surface area contributed by atoms with Crippen LogP contribution in [0.3, 0.4) is 0 Å². The van der Waals surface area contributed by atoms with Crippen LogP contribution in [0, 0.1) is 5.82 Å². The molecule has 0 radical (unpaired) electrons. The molecule has 2 aliphatic heterocycles. The van der Waals surface area contributed by atoms with E-state index in [4.69, 9.17) is 23.2 Å². The van der Waals surface area contributed by atoms with Crippen molar-refractivity contribution in [3.63, 3.8) is 0 Å². The number of benzene rings is 2. The van der Waals surface area contributed by atoms with Crippen LogP contribution in [0.2, 0.25) is 10.0 Å². The van der Waals surface area contributed by atoms with E-state index in [9.17, 15) is 14.0 Å². The molecule has 34 heavy (non-hydrogen) atoms. The molecule has 0 bridgehead atoms. The molecule has 1 unspecified atom stereocenters. The molecule has 2 aliphatic rings. The number of allylic oxidation sites excluding steroid dienone is 1. The molecule has 1 saturated heterocycles. The number of carbonyl (C=O) groups is 1. The van der Waals surface area contributed by atoms with Crippen molar-refractivity contribution in [2.45, 2.75) is 13.0 Å². The van der Waals surface area contributed by atoms with Crippen molar-refractivity contribution in [1.29, 1.82) is 0 Å². The number of anilines is 2. The highest BCUT2D eigenvalue weighted by atomic mass is 35.5. The summed E-state index contributed by atoms with van der Waals surface area (Å²) < 4.78 is 14.9. The lowest BCUT2D eigenvalue weighted by molar-refractivity contribution is -0.128. The van der Waals surface area contributed by atoms with E-state index in [0.717, 1.165) is 11.3 Å². The molecule has 10 heteroatoms. The normalized spacial score (nSPS) is 18.1. The first kappa shape index (κ1) is 22.6. The first-order valence-electron chi connectivity index (χ1n) is 10.9. The van der Waals surface area contributed by atoms with Crippen LogP contribution in [0.4, 0.5) is 15.9 Å². The van der Waals surface area contributed by atoms with E-state index < -0.39 is 6.04 Å². The first-order valence-corrected chi connectivity index (χ1v) is 11.6. The number of H-pyrrole nitrogens is 1. The van der Waals surface area contributed by atoms with Crippen molar-refractivity contribution in [1.82, 2.24) is 14.7 Å². The van der Waals surface area contributed by atoms with E-state index in [1.807, 2.05) is 6.92 Å². The average molecular weight is 502 g/mol. The van der Waals surface area contributed by atoms with Gasteiger partial charge in [0.05, 0.1) is 15.6 Å². The summed E-state index contributed by atoms with van der Waals surface area (Å²) in [5.74, 6) is 0.164. The summed E-state index contributed by atoms with van der Waals surface area (Å²) in [5, 5.41) is 6.75. The minimum atomic E-state index is -0.573. The predicted molar refractivity (Wildman–Crippen MR) is 131 cm³/mol. The summed E-state index contributed by atoms with van der Waals surface area (Å²) in [6.45, 7) is 4.10. The van der Waals surface area contributed by atoms with Crippen LogP contribution in [0.15, 0.2) is 64.6 Å². The lowest BCUT2D eigenvalue weighted by atomic mass is 9.94. The Morgan fingerprint density at radius 2 is 1.71 bits per heavy atom. The molecule has 1 atom stereocenters. The summed E-state index contributed by atoms with van der Waals surface area (Å²) in [7, 11) is 0. The van der Waals surface area contributed by atoms with Gasteiger partial charge in [-0.15, -0.1) is 0 Å². The van der Waals surface area contributed by atoms with Gasteiger partial charge in [0.2, 0.25) is 0 Å².